The number of carbonyl (C=O) groups is 1. The van der Waals surface area contributed by atoms with Crippen molar-refractivity contribution in [3.63, 3.8) is 0 Å². The molecule has 0 bridgehead atoms. The highest BCUT2D eigenvalue weighted by atomic mass is 19.1. The van der Waals surface area contributed by atoms with Gasteiger partial charge < -0.3 is 20.6 Å². The molecule has 0 aromatic heterocycles. The van der Waals surface area contributed by atoms with Crippen LogP contribution in [0.2, 0.25) is 0 Å². The maximum Gasteiger partial charge on any atom is 0.221 e. The van der Waals surface area contributed by atoms with Crippen molar-refractivity contribution in [3.8, 4) is 0 Å². The second-order valence-corrected chi connectivity index (χ2v) is 6.14. The van der Waals surface area contributed by atoms with Crippen molar-refractivity contribution in [2.24, 2.45) is 0 Å². The molecule has 1 saturated heterocycles. The number of rotatable bonds is 7. The number of hydrogen-bond donors (Lipinski definition) is 4. The third-order valence-corrected chi connectivity index (χ3v) is 4.65. The monoisotopic (exact) mass is 340 g/mol. The Balaban J connectivity index is 1.99. The van der Waals surface area contributed by atoms with Crippen LogP contribution < -0.4 is 5.32 Å². The van der Waals surface area contributed by atoms with Crippen molar-refractivity contribution in [1.29, 1.82) is 0 Å². The first kappa shape index (κ1) is 18.8. The fourth-order valence-electron chi connectivity index (χ4n) is 3.28. The molecule has 134 valence electrons. The van der Waals surface area contributed by atoms with E-state index in [2.05, 4.69) is 5.32 Å². The van der Waals surface area contributed by atoms with Gasteiger partial charge >= 0.3 is 0 Å². The van der Waals surface area contributed by atoms with Crippen molar-refractivity contribution >= 4 is 5.91 Å². The summed E-state index contributed by atoms with van der Waals surface area (Å²) >= 11 is 0. The van der Waals surface area contributed by atoms with E-state index in [0.717, 1.165) is 5.56 Å². The van der Waals surface area contributed by atoms with Crippen LogP contribution in [-0.2, 0) is 11.2 Å². The van der Waals surface area contributed by atoms with Gasteiger partial charge in [0.25, 0.3) is 0 Å². The molecule has 0 spiro atoms. The first-order valence-corrected chi connectivity index (χ1v) is 8.15. The number of carbonyl (C=O) groups excluding carboxylic acids is 1. The molecule has 24 heavy (non-hydrogen) atoms. The molecule has 1 fully saturated rings. The second kappa shape index (κ2) is 8.53. The van der Waals surface area contributed by atoms with Crippen molar-refractivity contribution in [2.75, 3.05) is 20.2 Å². The van der Waals surface area contributed by atoms with Gasteiger partial charge in [0.2, 0.25) is 5.91 Å². The molecule has 1 heterocycles. The number of nitrogens with one attached hydrogen (secondary N) is 1. The largest absolute Gasteiger partial charge is 0.395 e. The summed E-state index contributed by atoms with van der Waals surface area (Å²) in [6.45, 7) is 0.220. The third-order valence-electron chi connectivity index (χ3n) is 4.65. The predicted molar refractivity (Wildman–Crippen MR) is 86.8 cm³/mol. The molecule has 1 amide bonds. The molecular formula is C17H25FN2O4. The van der Waals surface area contributed by atoms with Gasteiger partial charge in [-0.3, -0.25) is 9.69 Å². The van der Waals surface area contributed by atoms with Gasteiger partial charge in [0.15, 0.2) is 0 Å². The second-order valence-electron chi connectivity index (χ2n) is 6.14. The lowest BCUT2D eigenvalue weighted by atomic mass is 10.1. The molecule has 4 N–H and O–H groups in total. The summed E-state index contributed by atoms with van der Waals surface area (Å²) in [5.41, 5.74) is 0.986. The highest BCUT2D eigenvalue weighted by molar-refractivity contribution is 5.76. The van der Waals surface area contributed by atoms with E-state index in [9.17, 15) is 24.5 Å². The van der Waals surface area contributed by atoms with Gasteiger partial charge in [-0.1, -0.05) is 12.1 Å². The Hall–Kier alpha value is -1.54. The molecule has 1 aromatic carbocycles. The summed E-state index contributed by atoms with van der Waals surface area (Å²) in [5.74, 6) is -0.510. The molecule has 1 aliphatic rings. The Labute approximate surface area is 140 Å². The first-order chi connectivity index (χ1) is 11.5. The van der Waals surface area contributed by atoms with E-state index in [1.807, 2.05) is 0 Å². The maximum absolute atomic E-state index is 12.9. The van der Waals surface area contributed by atoms with E-state index < -0.39 is 24.3 Å². The van der Waals surface area contributed by atoms with E-state index in [-0.39, 0.29) is 24.8 Å². The van der Waals surface area contributed by atoms with Crippen LogP contribution in [0, 0.1) is 5.82 Å². The van der Waals surface area contributed by atoms with Gasteiger partial charge in [-0.25, -0.2) is 4.39 Å². The molecule has 2 rings (SSSR count). The molecule has 0 saturated carbocycles. The minimum absolute atomic E-state index is 0.0573. The Kier molecular flexibility index (Phi) is 6.68. The van der Waals surface area contributed by atoms with Crippen LogP contribution in [0.3, 0.4) is 0 Å². The van der Waals surface area contributed by atoms with Crippen molar-refractivity contribution in [3.05, 3.63) is 35.6 Å². The van der Waals surface area contributed by atoms with Crippen LogP contribution >= 0.6 is 0 Å². The minimum Gasteiger partial charge on any atom is -0.395 e. The van der Waals surface area contributed by atoms with Crippen molar-refractivity contribution in [2.45, 2.75) is 43.6 Å². The number of aliphatic hydroxyl groups excluding tert-OH is 3. The zero-order valence-electron chi connectivity index (χ0n) is 13.7. The number of aryl methyl sites for hydroxylation is 1. The lowest BCUT2D eigenvalue weighted by Gasteiger charge is -2.29. The molecule has 4 atom stereocenters. The number of benzene rings is 1. The highest BCUT2D eigenvalue weighted by Crippen LogP contribution is 2.28. The summed E-state index contributed by atoms with van der Waals surface area (Å²) in [7, 11) is 1.52. The van der Waals surface area contributed by atoms with E-state index in [1.165, 1.54) is 19.2 Å². The molecule has 0 aliphatic carbocycles. The molecule has 0 radical (unpaired) electrons. The van der Waals surface area contributed by atoms with Gasteiger partial charge in [0.1, 0.15) is 5.82 Å². The number of halogens is 1. The fraction of sp³-hybridized carbons (Fsp3) is 0.588. The standard InChI is InChI=1S/C17H25FN2O4/c1-19-15(22)9-13-16(23)17(24)14(10-21)20(13)8-2-3-11-4-6-12(18)7-5-11/h4-7,13-14,16-17,21,23-24H,2-3,8-10H2,1H3,(H,19,22)/t13-,14-,16+,17-/m1/s1. The van der Waals surface area contributed by atoms with Gasteiger partial charge in [-0.2, -0.15) is 0 Å². The minimum atomic E-state index is -1.09. The molecule has 0 unspecified atom stereocenters. The number of amides is 1. The normalized spacial score (nSPS) is 27.4. The number of likely N-dealkylation sites (tertiary alicyclic amines) is 1. The van der Waals surface area contributed by atoms with E-state index in [0.29, 0.717) is 19.4 Å². The highest BCUT2D eigenvalue weighted by Gasteiger charge is 2.47. The molecule has 7 heteroatoms. The van der Waals surface area contributed by atoms with E-state index >= 15 is 0 Å². The Morgan fingerprint density at radius 1 is 1.21 bits per heavy atom. The quantitative estimate of drug-likeness (QED) is 0.545. The molecule has 6 nitrogen and oxygen atoms in total. The molecular weight excluding hydrogens is 315 g/mol. The van der Waals surface area contributed by atoms with E-state index in [4.69, 9.17) is 0 Å². The zero-order chi connectivity index (χ0) is 17.7. The fourth-order valence-corrected chi connectivity index (χ4v) is 3.28. The zero-order valence-corrected chi connectivity index (χ0v) is 13.7. The first-order valence-electron chi connectivity index (χ1n) is 8.15. The Morgan fingerprint density at radius 2 is 1.83 bits per heavy atom. The topological polar surface area (TPSA) is 93.0 Å². The average molecular weight is 340 g/mol. The van der Waals surface area contributed by atoms with Crippen LogP contribution in [0.5, 0.6) is 0 Å². The SMILES string of the molecule is CNC(=O)C[C@@H]1[C@H](O)[C@H](O)[C@@H](CO)N1CCCc1ccc(F)cc1. The van der Waals surface area contributed by atoms with Crippen molar-refractivity contribution in [1.82, 2.24) is 10.2 Å². The summed E-state index contributed by atoms with van der Waals surface area (Å²) in [5, 5.41) is 32.3. The van der Waals surface area contributed by atoms with E-state index in [1.54, 1.807) is 17.0 Å². The lowest BCUT2D eigenvalue weighted by Crippen LogP contribution is -2.44. The smallest absolute Gasteiger partial charge is 0.221 e. The number of nitrogens with zero attached hydrogens (tertiary/aromatic N) is 1. The van der Waals surface area contributed by atoms with Crippen LogP contribution in [0.15, 0.2) is 24.3 Å². The van der Waals surface area contributed by atoms with Gasteiger partial charge in [0, 0.05) is 19.5 Å². The van der Waals surface area contributed by atoms with Crippen LogP contribution in [0.4, 0.5) is 4.39 Å². The number of hydrogen-bond acceptors (Lipinski definition) is 5. The van der Waals surface area contributed by atoms with Crippen molar-refractivity contribution < 1.29 is 24.5 Å². The van der Waals surface area contributed by atoms with Gasteiger partial charge in [0.05, 0.1) is 24.9 Å². The Bertz CT molecular complexity index is 540. The van der Waals surface area contributed by atoms with Crippen LogP contribution in [0.1, 0.15) is 18.4 Å². The van der Waals surface area contributed by atoms with Crippen LogP contribution in [0.25, 0.3) is 0 Å². The van der Waals surface area contributed by atoms with Crippen LogP contribution in [-0.4, -0.2) is 70.6 Å². The lowest BCUT2D eigenvalue weighted by molar-refractivity contribution is -0.122. The molecule has 1 aliphatic heterocycles. The van der Waals surface area contributed by atoms with Gasteiger partial charge in [-0.15, -0.1) is 0 Å². The summed E-state index contributed by atoms with van der Waals surface area (Å²) in [4.78, 5) is 13.5. The predicted octanol–water partition coefficient (Wildman–Crippen LogP) is -0.339. The summed E-state index contributed by atoms with van der Waals surface area (Å²) < 4.78 is 12.9. The Morgan fingerprint density at radius 3 is 2.42 bits per heavy atom. The van der Waals surface area contributed by atoms with Gasteiger partial charge in [-0.05, 0) is 37.1 Å². The third kappa shape index (κ3) is 4.30. The summed E-state index contributed by atoms with van der Waals surface area (Å²) in [6, 6.07) is 5.12. The molecule has 1 aromatic rings. The average Bonchev–Trinajstić information content (AvgIpc) is 2.80. The maximum atomic E-state index is 12.9. The number of aliphatic hydroxyl groups is 3. The summed E-state index contributed by atoms with van der Waals surface area (Å²) in [6.07, 6.45) is -0.706.